The highest BCUT2D eigenvalue weighted by Crippen LogP contribution is 2.21. The Morgan fingerprint density at radius 1 is 1.08 bits per heavy atom. The number of para-hydroxylation sites is 1. The SMILES string of the molecule is CCc1ccc(C(C)=NNc2nnc3c(n2)[nH]c2ccccc23)cc1. The van der Waals surface area contributed by atoms with Crippen molar-refractivity contribution in [3.63, 3.8) is 0 Å². The average Bonchev–Trinajstić information content (AvgIpc) is 3.04. The second kappa shape index (κ2) is 6.32. The molecule has 6 heteroatoms. The number of rotatable bonds is 4. The van der Waals surface area contributed by atoms with Gasteiger partial charge in [-0.3, -0.25) is 0 Å². The molecule has 0 aliphatic carbocycles. The molecule has 0 radical (unpaired) electrons. The summed E-state index contributed by atoms with van der Waals surface area (Å²) in [5, 5.41) is 13.8. The Hall–Kier alpha value is -3.28. The molecule has 6 nitrogen and oxygen atoms in total. The highest BCUT2D eigenvalue weighted by Gasteiger charge is 2.08. The Morgan fingerprint density at radius 2 is 1.88 bits per heavy atom. The predicted octanol–water partition coefficient (Wildman–Crippen LogP) is 3.90. The number of benzene rings is 2. The van der Waals surface area contributed by atoms with Gasteiger partial charge in [0, 0.05) is 10.9 Å². The number of nitrogens with zero attached hydrogens (tertiary/aromatic N) is 4. The third kappa shape index (κ3) is 2.94. The maximum absolute atomic E-state index is 4.46. The highest BCUT2D eigenvalue weighted by molar-refractivity contribution is 6.03. The largest absolute Gasteiger partial charge is 0.338 e. The third-order valence-corrected chi connectivity index (χ3v) is 4.23. The molecule has 2 aromatic heterocycles. The molecule has 124 valence electrons. The standard InChI is InChI=1S/C19H18N6/c1-3-13-8-10-14(11-9-13)12(2)22-24-19-21-18-17(23-25-19)15-6-4-5-7-16(15)20-18/h4-11H,3H2,1-2H3,(H2,20,21,24,25). The lowest BCUT2D eigenvalue weighted by Crippen LogP contribution is -2.03. The summed E-state index contributed by atoms with van der Waals surface area (Å²) in [6, 6.07) is 16.3. The van der Waals surface area contributed by atoms with Gasteiger partial charge in [0.05, 0.1) is 5.71 Å². The van der Waals surface area contributed by atoms with E-state index >= 15 is 0 Å². The van der Waals surface area contributed by atoms with Gasteiger partial charge in [0.15, 0.2) is 5.65 Å². The van der Waals surface area contributed by atoms with Crippen molar-refractivity contribution in [3.05, 3.63) is 59.7 Å². The first-order chi connectivity index (χ1) is 12.2. The zero-order valence-corrected chi connectivity index (χ0v) is 14.1. The van der Waals surface area contributed by atoms with Crippen molar-refractivity contribution in [2.75, 3.05) is 5.43 Å². The zero-order valence-electron chi connectivity index (χ0n) is 14.1. The molecule has 2 heterocycles. The summed E-state index contributed by atoms with van der Waals surface area (Å²) in [6.07, 6.45) is 1.03. The quantitative estimate of drug-likeness (QED) is 0.439. The molecule has 0 bridgehead atoms. The Kier molecular flexibility index (Phi) is 3.85. The van der Waals surface area contributed by atoms with Gasteiger partial charge in [0.25, 0.3) is 5.95 Å². The minimum Gasteiger partial charge on any atom is -0.338 e. The molecule has 0 saturated heterocycles. The van der Waals surface area contributed by atoms with Crippen LogP contribution in [0.4, 0.5) is 5.95 Å². The van der Waals surface area contributed by atoms with Gasteiger partial charge < -0.3 is 4.98 Å². The first-order valence-electron chi connectivity index (χ1n) is 8.25. The van der Waals surface area contributed by atoms with Gasteiger partial charge in [-0.1, -0.05) is 49.4 Å². The average molecular weight is 330 g/mol. The van der Waals surface area contributed by atoms with Crippen LogP contribution in [0.5, 0.6) is 0 Å². The van der Waals surface area contributed by atoms with E-state index in [4.69, 9.17) is 0 Å². The zero-order chi connectivity index (χ0) is 17.2. The number of hydrogen-bond donors (Lipinski definition) is 2. The maximum atomic E-state index is 4.46. The second-order valence-corrected chi connectivity index (χ2v) is 5.86. The van der Waals surface area contributed by atoms with Gasteiger partial charge in [-0.05, 0) is 30.5 Å². The minimum absolute atomic E-state index is 0.364. The van der Waals surface area contributed by atoms with Crippen molar-refractivity contribution >= 4 is 33.7 Å². The van der Waals surface area contributed by atoms with Gasteiger partial charge in [-0.2, -0.15) is 10.1 Å². The van der Waals surface area contributed by atoms with Crippen LogP contribution in [0.1, 0.15) is 25.0 Å². The summed E-state index contributed by atoms with van der Waals surface area (Å²) < 4.78 is 0. The molecular formula is C19H18N6. The third-order valence-electron chi connectivity index (χ3n) is 4.23. The predicted molar refractivity (Wildman–Crippen MR) is 101 cm³/mol. The molecule has 0 atom stereocenters. The molecule has 2 N–H and O–H groups in total. The van der Waals surface area contributed by atoms with Gasteiger partial charge >= 0.3 is 0 Å². The molecule has 2 aromatic carbocycles. The van der Waals surface area contributed by atoms with Gasteiger partial charge in [-0.15, -0.1) is 10.2 Å². The van der Waals surface area contributed by atoms with Gasteiger partial charge in [-0.25, -0.2) is 5.43 Å². The number of fused-ring (bicyclic) bond motifs is 3. The van der Waals surface area contributed by atoms with Gasteiger partial charge in [0.2, 0.25) is 0 Å². The van der Waals surface area contributed by atoms with Crippen molar-refractivity contribution in [2.45, 2.75) is 20.3 Å². The van der Waals surface area contributed by atoms with Crippen molar-refractivity contribution in [3.8, 4) is 0 Å². The fraction of sp³-hybridized carbons (Fsp3) is 0.158. The van der Waals surface area contributed by atoms with Crippen LogP contribution in [0.25, 0.3) is 22.1 Å². The Morgan fingerprint density at radius 3 is 2.68 bits per heavy atom. The summed E-state index contributed by atoms with van der Waals surface area (Å²) in [6.45, 7) is 4.09. The molecule has 4 rings (SSSR count). The lowest BCUT2D eigenvalue weighted by molar-refractivity contribution is 1.01. The first kappa shape index (κ1) is 15.3. The van der Waals surface area contributed by atoms with Crippen LogP contribution in [0.3, 0.4) is 0 Å². The van der Waals surface area contributed by atoms with E-state index in [1.165, 1.54) is 5.56 Å². The molecule has 0 unspecified atom stereocenters. The van der Waals surface area contributed by atoms with Crippen LogP contribution >= 0.6 is 0 Å². The number of H-pyrrole nitrogens is 1. The van der Waals surface area contributed by atoms with E-state index in [9.17, 15) is 0 Å². The summed E-state index contributed by atoms with van der Waals surface area (Å²) in [5.74, 6) is 0.364. The van der Waals surface area contributed by atoms with Crippen molar-refractivity contribution in [1.82, 2.24) is 20.2 Å². The number of aromatic amines is 1. The van der Waals surface area contributed by atoms with Crippen LogP contribution in [0.15, 0.2) is 53.6 Å². The number of hydrogen-bond acceptors (Lipinski definition) is 5. The first-order valence-corrected chi connectivity index (χ1v) is 8.25. The normalized spacial score (nSPS) is 12.0. The van der Waals surface area contributed by atoms with E-state index in [1.807, 2.05) is 31.2 Å². The molecule has 4 aromatic rings. The van der Waals surface area contributed by atoms with Gasteiger partial charge in [0.1, 0.15) is 5.52 Å². The number of aryl methyl sites for hydroxylation is 1. The summed E-state index contributed by atoms with van der Waals surface area (Å²) in [5.41, 5.74) is 8.57. The number of hydrazone groups is 1. The molecule has 0 aliphatic rings. The van der Waals surface area contributed by atoms with Crippen molar-refractivity contribution in [1.29, 1.82) is 0 Å². The van der Waals surface area contributed by atoms with Crippen molar-refractivity contribution < 1.29 is 0 Å². The summed E-state index contributed by atoms with van der Waals surface area (Å²) >= 11 is 0. The minimum atomic E-state index is 0.364. The Balaban J connectivity index is 1.60. The van der Waals surface area contributed by atoms with E-state index in [1.54, 1.807) is 0 Å². The monoisotopic (exact) mass is 330 g/mol. The lowest BCUT2D eigenvalue weighted by atomic mass is 10.1. The summed E-state index contributed by atoms with van der Waals surface area (Å²) in [7, 11) is 0. The van der Waals surface area contributed by atoms with Crippen LogP contribution in [0, 0.1) is 0 Å². The van der Waals surface area contributed by atoms with E-state index in [-0.39, 0.29) is 0 Å². The highest BCUT2D eigenvalue weighted by atomic mass is 15.4. The van der Waals surface area contributed by atoms with E-state index < -0.39 is 0 Å². The van der Waals surface area contributed by atoms with E-state index in [0.29, 0.717) is 11.6 Å². The molecule has 0 amide bonds. The Labute approximate surface area is 145 Å². The fourth-order valence-corrected chi connectivity index (χ4v) is 2.75. The van der Waals surface area contributed by atoms with Crippen molar-refractivity contribution in [2.24, 2.45) is 5.10 Å². The molecule has 0 fully saturated rings. The van der Waals surface area contributed by atoms with Crippen LogP contribution in [-0.4, -0.2) is 25.9 Å². The number of aromatic nitrogens is 4. The number of anilines is 1. The second-order valence-electron chi connectivity index (χ2n) is 5.86. The molecular weight excluding hydrogens is 312 g/mol. The maximum Gasteiger partial charge on any atom is 0.265 e. The van der Waals surface area contributed by atoms with Crippen LogP contribution in [-0.2, 0) is 6.42 Å². The van der Waals surface area contributed by atoms with Crippen LogP contribution in [0.2, 0.25) is 0 Å². The lowest BCUT2D eigenvalue weighted by Gasteiger charge is -2.03. The fourth-order valence-electron chi connectivity index (χ4n) is 2.75. The molecule has 0 spiro atoms. The smallest absolute Gasteiger partial charge is 0.265 e. The van der Waals surface area contributed by atoms with E-state index in [0.717, 1.165) is 34.1 Å². The topological polar surface area (TPSA) is 78.8 Å². The van der Waals surface area contributed by atoms with Crippen LogP contribution < -0.4 is 5.43 Å². The van der Waals surface area contributed by atoms with E-state index in [2.05, 4.69) is 61.9 Å². The number of nitrogens with one attached hydrogen (secondary N) is 2. The molecule has 0 saturated carbocycles. The molecule has 0 aliphatic heterocycles. The Bertz CT molecular complexity index is 1060. The molecule has 25 heavy (non-hydrogen) atoms. The summed E-state index contributed by atoms with van der Waals surface area (Å²) in [4.78, 5) is 7.71.